The Bertz CT molecular complexity index is 973. The number of aromatic nitrogens is 1. The van der Waals surface area contributed by atoms with Crippen molar-refractivity contribution in [2.24, 2.45) is 0 Å². The lowest BCUT2D eigenvalue weighted by Gasteiger charge is -2.20. The van der Waals surface area contributed by atoms with E-state index in [1.807, 2.05) is 6.07 Å². The van der Waals surface area contributed by atoms with Gasteiger partial charge < -0.3 is 23.5 Å². The van der Waals surface area contributed by atoms with Gasteiger partial charge in [-0.3, -0.25) is 0 Å². The first-order chi connectivity index (χ1) is 11.8. The van der Waals surface area contributed by atoms with E-state index in [1.54, 1.807) is 14.2 Å². The van der Waals surface area contributed by atoms with E-state index in [0.717, 1.165) is 46.9 Å². The molecular weight excluding hydrogens is 306 g/mol. The highest BCUT2D eigenvalue weighted by Crippen LogP contribution is 2.44. The molecule has 0 amide bonds. The third kappa shape index (κ3) is 1.75. The summed E-state index contributed by atoms with van der Waals surface area (Å²) in [4.78, 5) is 0. The first-order valence-corrected chi connectivity index (χ1v) is 7.96. The van der Waals surface area contributed by atoms with Crippen molar-refractivity contribution in [2.75, 3.05) is 21.0 Å². The van der Waals surface area contributed by atoms with Crippen molar-refractivity contribution in [2.45, 2.75) is 13.0 Å². The quantitative estimate of drug-likeness (QED) is 0.722. The molecule has 2 aromatic carbocycles. The summed E-state index contributed by atoms with van der Waals surface area (Å²) in [6.45, 7) is 1.23. The molecule has 122 valence electrons. The molecule has 3 aromatic rings. The summed E-state index contributed by atoms with van der Waals surface area (Å²) >= 11 is 0. The van der Waals surface area contributed by atoms with Crippen LogP contribution >= 0.6 is 0 Å². The van der Waals surface area contributed by atoms with Crippen LogP contribution in [-0.2, 0) is 13.0 Å². The summed E-state index contributed by atoms with van der Waals surface area (Å²) in [5.74, 6) is 3.17. The van der Waals surface area contributed by atoms with Crippen LogP contribution in [0.2, 0.25) is 0 Å². The molecule has 0 fully saturated rings. The Morgan fingerprint density at radius 2 is 1.67 bits per heavy atom. The molecule has 0 bridgehead atoms. The molecule has 0 unspecified atom stereocenters. The van der Waals surface area contributed by atoms with Crippen molar-refractivity contribution >= 4 is 10.9 Å². The first-order valence-electron chi connectivity index (χ1n) is 7.96. The zero-order valence-corrected chi connectivity index (χ0v) is 13.6. The number of rotatable bonds is 2. The number of benzene rings is 2. The van der Waals surface area contributed by atoms with Gasteiger partial charge in [0, 0.05) is 29.3 Å². The Hall–Kier alpha value is -2.82. The normalized spacial score (nSPS) is 14.4. The lowest BCUT2D eigenvalue weighted by Crippen LogP contribution is -2.10. The van der Waals surface area contributed by atoms with Gasteiger partial charge in [0.05, 0.1) is 19.7 Å². The van der Waals surface area contributed by atoms with E-state index in [0.29, 0.717) is 6.79 Å². The second-order valence-electron chi connectivity index (χ2n) is 6.06. The van der Waals surface area contributed by atoms with Crippen LogP contribution in [0.15, 0.2) is 30.3 Å². The van der Waals surface area contributed by atoms with E-state index in [2.05, 4.69) is 28.8 Å². The fraction of sp³-hybridized carbons (Fsp3) is 0.263. The monoisotopic (exact) mass is 323 g/mol. The summed E-state index contributed by atoms with van der Waals surface area (Å²) in [5, 5.41) is 1.15. The molecule has 0 N–H and O–H groups in total. The molecule has 1 aromatic heterocycles. The molecule has 0 aliphatic carbocycles. The van der Waals surface area contributed by atoms with Crippen LogP contribution in [0.4, 0.5) is 0 Å². The van der Waals surface area contributed by atoms with Gasteiger partial charge in [-0.25, -0.2) is 0 Å². The molecule has 5 rings (SSSR count). The van der Waals surface area contributed by atoms with Gasteiger partial charge in [-0.05, 0) is 36.2 Å². The summed E-state index contributed by atoms with van der Waals surface area (Å²) in [6.07, 6.45) is 0.969. The Kier molecular flexibility index (Phi) is 2.74. The van der Waals surface area contributed by atoms with Crippen LogP contribution in [0.3, 0.4) is 0 Å². The number of hydrogen-bond acceptors (Lipinski definition) is 4. The lowest BCUT2D eigenvalue weighted by molar-refractivity contribution is 0.174. The highest BCUT2D eigenvalue weighted by molar-refractivity contribution is 5.91. The smallest absolute Gasteiger partial charge is 0.231 e. The molecule has 5 nitrogen and oxygen atoms in total. The van der Waals surface area contributed by atoms with Crippen LogP contribution in [-0.4, -0.2) is 25.6 Å². The van der Waals surface area contributed by atoms with E-state index in [1.165, 1.54) is 16.8 Å². The molecule has 0 spiro atoms. The van der Waals surface area contributed by atoms with Crippen molar-refractivity contribution in [3.05, 3.63) is 35.9 Å². The maximum atomic E-state index is 5.56. The number of hydrogen-bond donors (Lipinski definition) is 0. The summed E-state index contributed by atoms with van der Waals surface area (Å²) in [6, 6.07) is 10.5. The van der Waals surface area contributed by atoms with E-state index >= 15 is 0 Å². The van der Waals surface area contributed by atoms with Gasteiger partial charge in [0.15, 0.2) is 23.0 Å². The average molecular weight is 323 g/mol. The predicted molar refractivity (Wildman–Crippen MR) is 90.3 cm³/mol. The third-order valence-electron chi connectivity index (χ3n) is 4.89. The van der Waals surface area contributed by atoms with Gasteiger partial charge in [-0.2, -0.15) is 0 Å². The van der Waals surface area contributed by atoms with Crippen LogP contribution in [0, 0.1) is 0 Å². The van der Waals surface area contributed by atoms with Gasteiger partial charge in [-0.1, -0.05) is 0 Å². The van der Waals surface area contributed by atoms with Gasteiger partial charge in [0.25, 0.3) is 0 Å². The summed E-state index contributed by atoms with van der Waals surface area (Å²) in [7, 11) is 3.33. The van der Waals surface area contributed by atoms with Crippen LogP contribution < -0.4 is 18.9 Å². The van der Waals surface area contributed by atoms with Gasteiger partial charge in [0.2, 0.25) is 6.79 Å². The summed E-state index contributed by atoms with van der Waals surface area (Å²) < 4.78 is 24.3. The van der Waals surface area contributed by atoms with Crippen molar-refractivity contribution in [1.29, 1.82) is 0 Å². The SMILES string of the molecule is COc1cc2cc3n(c2cc1OC)CCc1cc2c(cc1-3)OCO2. The molecule has 3 heterocycles. The lowest BCUT2D eigenvalue weighted by atomic mass is 9.98. The number of methoxy groups -OCH3 is 2. The Morgan fingerprint density at radius 1 is 0.917 bits per heavy atom. The molecule has 0 radical (unpaired) electrons. The summed E-state index contributed by atoms with van der Waals surface area (Å²) in [5.41, 5.74) is 4.86. The van der Waals surface area contributed by atoms with Crippen molar-refractivity contribution in [3.8, 4) is 34.3 Å². The van der Waals surface area contributed by atoms with E-state index in [4.69, 9.17) is 18.9 Å². The zero-order chi connectivity index (χ0) is 16.3. The third-order valence-corrected chi connectivity index (χ3v) is 4.89. The highest BCUT2D eigenvalue weighted by Gasteiger charge is 2.24. The standard InChI is InChI=1S/C19H17NO4/c1-21-16-7-12-5-15-13-8-19-18(23-10-24-19)6-11(13)3-4-20(15)14(12)9-17(16)22-2/h5-9H,3-4,10H2,1-2H3. The fourth-order valence-electron chi connectivity index (χ4n) is 3.71. The minimum absolute atomic E-state index is 0.301. The van der Waals surface area contributed by atoms with Crippen LogP contribution in [0.5, 0.6) is 23.0 Å². The highest BCUT2D eigenvalue weighted by atomic mass is 16.7. The first kappa shape index (κ1) is 13.6. The zero-order valence-electron chi connectivity index (χ0n) is 13.6. The Labute approximate surface area is 139 Å². The van der Waals surface area contributed by atoms with E-state index < -0.39 is 0 Å². The van der Waals surface area contributed by atoms with Gasteiger partial charge in [-0.15, -0.1) is 0 Å². The molecule has 0 saturated carbocycles. The van der Waals surface area contributed by atoms with E-state index in [9.17, 15) is 0 Å². The number of fused-ring (bicyclic) bond motifs is 6. The minimum Gasteiger partial charge on any atom is -0.493 e. The molecular formula is C19H17NO4. The fourth-order valence-corrected chi connectivity index (χ4v) is 3.71. The van der Waals surface area contributed by atoms with Crippen LogP contribution in [0.1, 0.15) is 5.56 Å². The average Bonchev–Trinajstić information content (AvgIpc) is 3.21. The number of ether oxygens (including phenoxy) is 4. The molecule has 2 aliphatic rings. The van der Waals surface area contributed by atoms with Gasteiger partial charge >= 0.3 is 0 Å². The predicted octanol–water partition coefficient (Wildman–Crippen LogP) is 3.61. The number of aryl methyl sites for hydroxylation is 2. The number of nitrogens with zero attached hydrogens (tertiary/aromatic N) is 1. The van der Waals surface area contributed by atoms with Gasteiger partial charge in [0.1, 0.15) is 0 Å². The van der Waals surface area contributed by atoms with E-state index in [-0.39, 0.29) is 0 Å². The maximum Gasteiger partial charge on any atom is 0.231 e. The maximum absolute atomic E-state index is 5.56. The Balaban J connectivity index is 1.76. The molecule has 24 heavy (non-hydrogen) atoms. The second-order valence-corrected chi connectivity index (χ2v) is 6.06. The van der Waals surface area contributed by atoms with Crippen molar-refractivity contribution in [1.82, 2.24) is 4.57 Å². The molecule has 2 aliphatic heterocycles. The van der Waals surface area contributed by atoms with Crippen molar-refractivity contribution in [3.63, 3.8) is 0 Å². The topological polar surface area (TPSA) is 41.9 Å². The Morgan fingerprint density at radius 3 is 2.46 bits per heavy atom. The minimum atomic E-state index is 0.301. The van der Waals surface area contributed by atoms with Crippen molar-refractivity contribution < 1.29 is 18.9 Å². The molecule has 5 heteroatoms. The second kappa shape index (κ2) is 4.84. The molecule has 0 atom stereocenters. The largest absolute Gasteiger partial charge is 0.493 e. The molecule has 0 saturated heterocycles. The van der Waals surface area contributed by atoms with Crippen LogP contribution in [0.25, 0.3) is 22.2 Å².